The van der Waals surface area contributed by atoms with E-state index in [1.807, 2.05) is 0 Å². The lowest BCUT2D eigenvalue weighted by Crippen LogP contribution is -2.32. The molecular weight excluding hydrogens is 906 g/mol. The topological polar surface area (TPSA) is 349 Å². The number of benzene rings is 1. The van der Waals surface area contributed by atoms with Gasteiger partial charge in [0.05, 0.1) is 38.1 Å². The molecule has 0 spiro atoms. The predicted octanol–water partition coefficient (Wildman–Crippen LogP) is 2.37. The first kappa shape index (κ1) is 46.5. The molecule has 64 heavy (non-hydrogen) atoms. The first-order valence-electron chi connectivity index (χ1n) is 19.2. The maximum Gasteiger partial charge on any atom is 0.472 e. The van der Waals surface area contributed by atoms with Crippen LogP contribution in [0.25, 0.3) is 21.6 Å². The predicted molar refractivity (Wildman–Crippen MR) is 223 cm³/mol. The van der Waals surface area contributed by atoms with E-state index in [9.17, 15) is 38.2 Å². The van der Waals surface area contributed by atoms with E-state index >= 15 is 0 Å². The molecule has 1 unspecified atom stereocenters. The number of nitrogens with two attached hydrogens (primary N) is 2. The van der Waals surface area contributed by atoms with E-state index in [0.29, 0.717) is 27.6 Å². The first-order chi connectivity index (χ1) is 30.5. The van der Waals surface area contributed by atoms with E-state index in [1.54, 1.807) is 30.3 Å². The number of thiazole rings is 1. The second-order valence-corrected chi connectivity index (χ2v) is 17.8. The lowest BCUT2D eigenvalue weighted by molar-refractivity contribution is -0.121. The molecular formula is C36H42N10O15P2S. The van der Waals surface area contributed by atoms with Crippen LogP contribution in [0, 0.1) is 0 Å². The third-order valence-electron chi connectivity index (χ3n) is 9.79. The summed E-state index contributed by atoms with van der Waals surface area (Å²) in [6.45, 7) is 2.10. The number of amides is 1. The van der Waals surface area contributed by atoms with Crippen molar-refractivity contribution in [1.82, 2.24) is 39.4 Å². The van der Waals surface area contributed by atoms with Crippen LogP contribution in [0.15, 0.2) is 66.6 Å². The summed E-state index contributed by atoms with van der Waals surface area (Å²) in [6, 6.07) is 8.15. The molecule has 4 aromatic heterocycles. The van der Waals surface area contributed by atoms with Crippen LogP contribution in [0.2, 0.25) is 0 Å². The number of nitrogens with zero attached hydrogens (tertiary/aromatic N) is 7. The van der Waals surface area contributed by atoms with Crippen LogP contribution in [-0.4, -0.2) is 105 Å². The lowest BCUT2D eigenvalue weighted by Gasteiger charge is -2.23. The quantitative estimate of drug-likeness (QED) is 0.0393. The van der Waals surface area contributed by atoms with Crippen molar-refractivity contribution >= 4 is 61.7 Å². The zero-order chi connectivity index (χ0) is 45.8. The number of allylic oxidation sites excluding steroid dienone is 1. The van der Waals surface area contributed by atoms with Crippen LogP contribution >= 0.6 is 27.0 Å². The van der Waals surface area contributed by atoms with E-state index in [-0.39, 0.29) is 60.2 Å². The molecule has 7 rings (SSSR count). The molecule has 28 heteroatoms. The van der Waals surface area contributed by atoms with E-state index in [2.05, 4.69) is 41.3 Å². The molecule has 8 N–H and O–H groups in total. The van der Waals surface area contributed by atoms with Gasteiger partial charge in [0.1, 0.15) is 65.3 Å². The number of ether oxygens (including phenoxy) is 4. The molecule has 25 nitrogen and oxygen atoms in total. The lowest BCUT2D eigenvalue weighted by atomic mass is 10.1. The Bertz CT molecular complexity index is 2660. The number of carbonyl (C=O) groups excluding carboxylic acids is 2. The molecule has 7 atom stereocenters. The van der Waals surface area contributed by atoms with Crippen molar-refractivity contribution in [3.63, 3.8) is 0 Å². The summed E-state index contributed by atoms with van der Waals surface area (Å²) < 4.78 is 66.5. The van der Waals surface area contributed by atoms with Gasteiger partial charge in [-0.25, -0.2) is 38.7 Å². The van der Waals surface area contributed by atoms with E-state index in [0.717, 1.165) is 15.9 Å². The van der Waals surface area contributed by atoms with Gasteiger partial charge < -0.3 is 50.4 Å². The molecule has 1 aromatic carbocycles. The molecule has 2 saturated heterocycles. The van der Waals surface area contributed by atoms with Gasteiger partial charge in [0.2, 0.25) is 5.91 Å². The van der Waals surface area contributed by atoms with Gasteiger partial charge in [-0.2, -0.15) is 4.98 Å². The molecule has 2 aliphatic heterocycles. The minimum atomic E-state index is -5.14. The summed E-state index contributed by atoms with van der Waals surface area (Å²) in [5, 5.41) is 3.18. The van der Waals surface area contributed by atoms with Crippen LogP contribution in [0.1, 0.15) is 53.6 Å². The van der Waals surface area contributed by atoms with Crippen LogP contribution in [0.5, 0.6) is 5.75 Å². The number of hydrogen-bond donors (Lipinski definition) is 6. The van der Waals surface area contributed by atoms with Crippen LogP contribution in [0.3, 0.4) is 0 Å². The van der Waals surface area contributed by atoms with Crippen molar-refractivity contribution in [2.24, 2.45) is 0 Å². The average Bonchev–Trinajstić information content (AvgIpc) is 4.06. The Balaban J connectivity index is 1.13. The number of nitrogens with one attached hydrogen (secondary N) is 1. The van der Waals surface area contributed by atoms with Gasteiger partial charge >= 0.3 is 27.3 Å². The molecule has 2 aliphatic rings. The smallest absolute Gasteiger partial charge is 0.472 e. The molecule has 6 heterocycles. The van der Waals surface area contributed by atoms with Crippen molar-refractivity contribution in [2.45, 2.75) is 69.1 Å². The molecule has 0 saturated carbocycles. The first-order valence-corrected chi connectivity index (χ1v) is 23.0. The standard InChI is InChI=1S/C36H42N10O15P2S/c1-3-4-5-26(47)39-14-27-44-30(32(64-27)19-6-8-20(55-2)9-7-19)35(48)60-21-12-29(46-18-42-31-33(38)40-17-41-34(31)46)58-23(21)16-57-63(53,54)61-22-13-28(45-11-10-25(37)43-36(45)49)59-24(22)15-56-62(50,51)52/h3,6-11,17-18,21-24,28-29H,1,4-5,12-16H2,2H3,(H,39,47)(H,53,54)(H2,37,43,49)(H2,38,40,41)(H2,50,51,52)/t21-,22-,23-,24-,28-,29-/m1/s1. The third kappa shape index (κ3) is 11.2. The number of carbonyl (C=O) groups is 2. The molecule has 2 fully saturated rings. The Hall–Kier alpha value is -5.50. The maximum absolute atomic E-state index is 14.2. The summed E-state index contributed by atoms with van der Waals surface area (Å²) in [7, 11) is -8.69. The number of aromatic nitrogens is 7. The summed E-state index contributed by atoms with van der Waals surface area (Å²) >= 11 is 1.15. The highest BCUT2D eigenvalue weighted by molar-refractivity contribution is 7.47. The minimum Gasteiger partial charge on any atom is -0.497 e. The Labute approximate surface area is 366 Å². The van der Waals surface area contributed by atoms with Gasteiger partial charge in [-0.1, -0.05) is 6.08 Å². The summed E-state index contributed by atoms with van der Waals surface area (Å²) in [4.78, 5) is 90.0. The van der Waals surface area contributed by atoms with Crippen LogP contribution in [-0.2, 0) is 48.3 Å². The number of hydrogen-bond acceptors (Lipinski definition) is 20. The van der Waals surface area contributed by atoms with Crippen molar-refractivity contribution < 1.29 is 65.9 Å². The van der Waals surface area contributed by atoms with Gasteiger partial charge in [0, 0.05) is 25.5 Å². The van der Waals surface area contributed by atoms with Crippen molar-refractivity contribution in [3.8, 4) is 16.2 Å². The molecule has 0 radical (unpaired) electrons. The molecule has 342 valence electrons. The second-order valence-electron chi connectivity index (χ2n) is 14.1. The number of nitrogen functional groups attached to an aromatic ring is 2. The van der Waals surface area contributed by atoms with E-state index in [1.165, 1.54) is 36.6 Å². The summed E-state index contributed by atoms with van der Waals surface area (Å²) in [5.41, 5.74) is 11.8. The summed E-state index contributed by atoms with van der Waals surface area (Å²) in [6.07, 6.45) is -1.64. The molecule has 5 aromatic rings. The number of esters is 1. The fourth-order valence-corrected chi connectivity index (χ4v) is 9.05. The van der Waals surface area contributed by atoms with Crippen LogP contribution < -0.4 is 27.2 Å². The maximum atomic E-state index is 14.2. The highest BCUT2D eigenvalue weighted by Gasteiger charge is 2.45. The Kier molecular flexibility index (Phi) is 14.3. The zero-order valence-corrected chi connectivity index (χ0v) is 36.3. The Morgan fingerprint density at radius 1 is 0.984 bits per heavy atom. The third-order valence-corrected chi connectivity index (χ3v) is 12.4. The van der Waals surface area contributed by atoms with E-state index < -0.39 is 77.4 Å². The average molecular weight is 949 g/mol. The number of phosphoric acid groups is 2. The second kappa shape index (κ2) is 19.7. The number of imidazole rings is 1. The largest absolute Gasteiger partial charge is 0.497 e. The van der Waals surface area contributed by atoms with Crippen LogP contribution in [0.4, 0.5) is 11.6 Å². The van der Waals surface area contributed by atoms with Gasteiger partial charge in [-0.3, -0.25) is 27.5 Å². The van der Waals surface area contributed by atoms with Gasteiger partial charge in [0.15, 0.2) is 17.2 Å². The highest BCUT2D eigenvalue weighted by atomic mass is 32.1. The van der Waals surface area contributed by atoms with Gasteiger partial charge in [-0.15, -0.1) is 17.9 Å². The summed E-state index contributed by atoms with van der Waals surface area (Å²) in [5.74, 6) is -0.578. The fraction of sp³-hybridized carbons (Fsp3) is 0.389. The normalized spacial score (nSPS) is 22.0. The van der Waals surface area contributed by atoms with Gasteiger partial charge in [0.25, 0.3) is 0 Å². The van der Waals surface area contributed by atoms with E-state index in [4.69, 9.17) is 39.5 Å². The van der Waals surface area contributed by atoms with Crippen molar-refractivity contribution in [1.29, 1.82) is 0 Å². The molecule has 0 aliphatic carbocycles. The number of methoxy groups -OCH3 is 1. The fourth-order valence-electron chi connectivity index (χ4n) is 6.75. The minimum absolute atomic E-state index is 0.0132. The Morgan fingerprint density at radius 2 is 1.69 bits per heavy atom. The SMILES string of the molecule is C=CCCC(=O)NCc1nc(C(=O)O[C@@H]2C[C@H](n3cnc4c(N)ncnc43)O[C@@H]2COP(=O)(O)O[C@@H]2C[C@H](n3ccc(N)nc3=O)O[C@@H]2COP(=O)(O)O)c(-c2ccc(OC)cc2)s1. The number of phosphoric ester groups is 2. The number of rotatable bonds is 19. The molecule has 1 amide bonds. The van der Waals surface area contributed by atoms with Gasteiger partial charge in [-0.05, 0) is 42.3 Å². The monoisotopic (exact) mass is 948 g/mol. The highest BCUT2D eigenvalue weighted by Crippen LogP contribution is 2.50. The van der Waals surface area contributed by atoms with Crippen molar-refractivity contribution in [3.05, 3.63) is 83.0 Å². The molecule has 0 bridgehead atoms. The Morgan fingerprint density at radius 3 is 2.39 bits per heavy atom. The van der Waals surface area contributed by atoms with Crippen molar-refractivity contribution in [2.75, 3.05) is 31.8 Å². The number of anilines is 2. The number of fused-ring (bicyclic) bond motifs is 1. The zero-order valence-electron chi connectivity index (χ0n) is 33.6.